The normalized spacial score (nSPS) is 16.2. The number of imide groups is 2. The number of rotatable bonds is 3. The van der Waals surface area contributed by atoms with Gasteiger partial charge in [-0.15, -0.1) is 0 Å². The van der Waals surface area contributed by atoms with E-state index in [0.29, 0.717) is 16.4 Å². The fourth-order valence-corrected chi connectivity index (χ4v) is 2.75. The van der Waals surface area contributed by atoms with Crippen LogP contribution in [0.1, 0.15) is 16.7 Å². The van der Waals surface area contributed by atoms with Gasteiger partial charge in [0.25, 0.3) is 11.8 Å². The van der Waals surface area contributed by atoms with Gasteiger partial charge in [0.05, 0.1) is 5.69 Å². The van der Waals surface area contributed by atoms with Gasteiger partial charge in [-0.25, -0.2) is 19.7 Å². The number of anilines is 1. The number of carbonyl (C=O) groups is 3. The summed E-state index contributed by atoms with van der Waals surface area (Å²) in [5.41, 5.74) is 2.73. The van der Waals surface area contributed by atoms with E-state index in [2.05, 4.69) is 15.3 Å². The highest BCUT2D eigenvalue weighted by molar-refractivity contribution is 7.98. The molecule has 0 saturated carbocycles. The molecule has 0 spiro atoms. The lowest BCUT2D eigenvalue weighted by Gasteiger charge is -2.26. The van der Waals surface area contributed by atoms with E-state index in [1.54, 1.807) is 12.1 Å². The summed E-state index contributed by atoms with van der Waals surface area (Å²) in [5, 5.41) is 2.78. The van der Waals surface area contributed by atoms with Crippen molar-refractivity contribution >= 4 is 41.4 Å². The lowest BCUT2D eigenvalue weighted by atomic mass is 10.1. The van der Waals surface area contributed by atoms with Gasteiger partial charge >= 0.3 is 6.03 Å². The van der Waals surface area contributed by atoms with Crippen LogP contribution in [0.5, 0.6) is 0 Å². The molecule has 1 fully saturated rings. The van der Waals surface area contributed by atoms with Crippen molar-refractivity contribution in [3.63, 3.8) is 0 Å². The maximum Gasteiger partial charge on any atom is 0.335 e. The van der Waals surface area contributed by atoms with E-state index in [1.807, 2.05) is 26.2 Å². The van der Waals surface area contributed by atoms with Gasteiger partial charge < -0.3 is 0 Å². The van der Waals surface area contributed by atoms with Crippen molar-refractivity contribution < 1.29 is 14.4 Å². The third-order valence-corrected chi connectivity index (χ3v) is 4.57. The molecule has 3 rings (SSSR count). The molecule has 2 heterocycles. The Morgan fingerprint density at radius 1 is 1.08 bits per heavy atom. The van der Waals surface area contributed by atoms with E-state index in [-0.39, 0.29) is 5.57 Å². The monoisotopic (exact) mass is 368 g/mol. The molecular weight excluding hydrogens is 352 g/mol. The Kier molecular flexibility index (Phi) is 4.85. The first-order valence-electron chi connectivity index (χ1n) is 7.75. The molecule has 0 bridgehead atoms. The van der Waals surface area contributed by atoms with E-state index in [1.165, 1.54) is 30.2 Å². The zero-order chi connectivity index (χ0) is 18.8. The van der Waals surface area contributed by atoms with E-state index in [0.717, 1.165) is 16.0 Å². The quantitative estimate of drug-likeness (QED) is 0.387. The summed E-state index contributed by atoms with van der Waals surface area (Å²) in [7, 11) is 0. The fourth-order valence-electron chi connectivity index (χ4n) is 2.43. The summed E-state index contributed by atoms with van der Waals surface area (Å²) in [6, 6.07) is 4.45. The number of urea groups is 1. The van der Waals surface area contributed by atoms with Crippen molar-refractivity contribution in [2.45, 2.75) is 19.0 Å². The summed E-state index contributed by atoms with van der Waals surface area (Å²) in [6.07, 6.45) is 6.26. The molecule has 8 heteroatoms. The Bertz CT molecular complexity index is 938. The van der Waals surface area contributed by atoms with Crippen LogP contribution in [0.25, 0.3) is 6.08 Å². The topological polar surface area (TPSA) is 92.3 Å². The molecule has 0 atom stereocenters. The molecule has 0 aliphatic carbocycles. The number of benzene rings is 1. The molecule has 1 aromatic heterocycles. The molecule has 0 radical (unpaired) electrons. The summed E-state index contributed by atoms with van der Waals surface area (Å²) < 4.78 is 0. The fraction of sp³-hybridized carbons (Fsp3) is 0.167. The number of hydrogen-bond donors (Lipinski definition) is 1. The highest BCUT2D eigenvalue weighted by Gasteiger charge is 2.36. The number of thioether (sulfide) groups is 1. The van der Waals surface area contributed by atoms with Gasteiger partial charge in [0.15, 0.2) is 5.16 Å². The van der Waals surface area contributed by atoms with Crippen LogP contribution in [-0.2, 0) is 9.59 Å². The third-order valence-electron chi connectivity index (χ3n) is 3.99. The smallest absolute Gasteiger partial charge is 0.273 e. The van der Waals surface area contributed by atoms with E-state index in [4.69, 9.17) is 0 Å². The van der Waals surface area contributed by atoms with Crippen LogP contribution in [0.3, 0.4) is 0 Å². The SMILES string of the molecule is CSc1ncc(/C=C2\C(=O)NC(=O)N(c3ccc(C)c(C)c3)C2=O)cn1. The zero-order valence-corrected chi connectivity index (χ0v) is 15.3. The first-order chi connectivity index (χ1) is 12.4. The van der Waals surface area contributed by atoms with E-state index >= 15 is 0 Å². The molecule has 1 aliphatic heterocycles. The van der Waals surface area contributed by atoms with Gasteiger partial charge in [-0.2, -0.15) is 0 Å². The van der Waals surface area contributed by atoms with Gasteiger partial charge in [0, 0.05) is 18.0 Å². The Morgan fingerprint density at radius 2 is 1.77 bits per heavy atom. The van der Waals surface area contributed by atoms with Crippen LogP contribution in [0.15, 0.2) is 41.3 Å². The highest BCUT2D eigenvalue weighted by atomic mass is 32.2. The summed E-state index contributed by atoms with van der Waals surface area (Å²) >= 11 is 1.38. The maximum atomic E-state index is 12.8. The lowest BCUT2D eigenvalue weighted by molar-refractivity contribution is -0.122. The number of aryl methyl sites for hydroxylation is 2. The molecule has 1 aromatic carbocycles. The van der Waals surface area contributed by atoms with Crippen molar-refractivity contribution in [2.75, 3.05) is 11.2 Å². The standard InChI is InChI=1S/C18H16N4O3S/c1-10-4-5-13(6-11(10)2)22-16(24)14(15(23)21-18(22)25)7-12-8-19-17(26-3)20-9-12/h4-9H,1-3H3,(H,21,23,25)/b14-7+. The minimum absolute atomic E-state index is 0.150. The van der Waals surface area contributed by atoms with Crippen molar-refractivity contribution in [3.05, 3.63) is 52.9 Å². The van der Waals surface area contributed by atoms with E-state index in [9.17, 15) is 14.4 Å². The largest absolute Gasteiger partial charge is 0.335 e. The second kappa shape index (κ2) is 7.09. The second-order valence-corrected chi connectivity index (χ2v) is 6.50. The Labute approximate surface area is 154 Å². The average molecular weight is 368 g/mol. The molecule has 7 nitrogen and oxygen atoms in total. The first-order valence-corrected chi connectivity index (χ1v) is 8.98. The molecule has 1 saturated heterocycles. The van der Waals surface area contributed by atoms with Crippen molar-refractivity contribution in [1.82, 2.24) is 15.3 Å². The molecule has 4 amide bonds. The number of nitrogens with one attached hydrogen (secondary N) is 1. The zero-order valence-electron chi connectivity index (χ0n) is 14.4. The number of aromatic nitrogens is 2. The number of hydrogen-bond acceptors (Lipinski definition) is 6. The summed E-state index contributed by atoms with van der Waals surface area (Å²) in [5.74, 6) is -1.43. The summed E-state index contributed by atoms with van der Waals surface area (Å²) in [6.45, 7) is 3.82. The lowest BCUT2D eigenvalue weighted by Crippen LogP contribution is -2.54. The van der Waals surface area contributed by atoms with Gasteiger partial charge in [-0.05, 0) is 49.4 Å². The minimum atomic E-state index is -0.769. The van der Waals surface area contributed by atoms with Gasteiger partial charge in [0.2, 0.25) is 0 Å². The molecule has 1 N–H and O–H groups in total. The number of barbiturate groups is 1. The van der Waals surface area contributed by atoms with Crippen LogP contribution in [0, 0.1) is 13.8 Å². The van der Waals surface area contributed by atoms with Gasteiger partial charge in [-0.1, -0.05) is 17.8 Å². The van der Waals surface area contributed by atoms with Gasteiger partial charge in [0.1, 0.15) is 5.57 Å². The molecule has 1 aliphatic rings. The minimum Gasteiger partial charge on any atom is -0.273 e. The number of amides is 4. The molecule has 0 unspecified atom stereocenters. The Hall–Kier alpha value is -3.00. The molecular formula is C18H16N4O3S. The summed E-state index contributed by atoms with van der Waals surface area (Å²) in [4.78, 5) is 46.3. The predicted octanol–water partition coefficient (Wildman–Crippen LogP) is 2.48. The molecule has 132 valence electrons. The molecule has 26 heavy (non-hydrogen) atoms. The predicted molar refractivity (Wildman–Crippen MR) is 98.7 cm³/mol. The van der Waals surface area contributed by atoms with Crippen molar-refractivity contribution in [2.24, 2.45) is 0 Å². The third kappa shape index (κ3) is 3.36. The first kappa shape index (κ1) is 17.8. The van der Waals surface area contributed by atoms with Crippen LogP contribution in [0.4, 0.5) is 10.5 Å². The number of nitrogens with zero attached hydrogens (tertiary/aromatic N) is 3. The van der Waals surface area contributed by atoms with E-state index < -0.39 is 17.8 Å². The highest BCUT2D eigenvalue weighted by Crippen LogP contribution is 2.24. The Morgan fingerprint density at radius 3 is 2.38 bits per heavy atom. The number of carbonyl (C=O) groups excluding carboxylic acids is 3. The van der Waals surface area contributed by atoms with Crippen molar-refractivity contribution in [1.29, 1.82) is 0 Å². The second-order valence-electron chi connectivity index (χ2n) is 5.73. The van der Waals surface area contributed by atoms with Crippen molar-refractivity contribution in [3.8, 4) is 0 Å². The average Bonchev–Trinajstić information content (AvgIpc) is 2.62. The maximum absolute atomic E-state index is 12.8. The van der Waals surface area contributed by atoms with Crippen LogP contribution in [-0.4, -0.2) is 34.1 Å². The Balaban J connectivity index is 1.99. The van der Waals surface area contributed by atoms with Crippen LogP contribution in [0.2, 0.25) is 0 Å². The molecule has 2 aromatic rings. The van der Waals surface area contributed by atoms with Gasteiger partial charge in [-0.3, -0.25) is 14.9 Å². The van der Waals surface area contributed by atoms with Crippen LogP contribution >= 0.6 is 11.8 Å². The van der Waals surface area contributed by atoms with Crippen LogP contribution < -0.4 is 10.2 Å².